The molecule has 0 atom stereocenters. The molecule has 1 aromatic carbocycles. The van der Waals surface area contributed by atoms with Crippen molar-refractivity contribution in [1.29, 1.82) is 0 Å². The number of halogens is 3. The molecule has 0 spiro atoms. The number of carbonyl (C=O) groups is 1. The summed E-state index contributed by atoms with van der Waals surface area (Å²) >= 11 is 12.6. The van der Waals surface area contributed by atoms with Crippen LogP contribution in [0.15, 0.2) is 36.8 Å². The lowest BCUT2D eigenvalue weighted by Crippen LogP contribution is -2.10. The first kappa shape index (κ1) is 18.5. The van der Waals surface area contributed by atoms with Gasteiger partial charge in [0.1, 0.15) is 17.1 Å². The van der Waals surface area contributed by atoms with E-state index >= 15 is 0 Å². The summed E-state index contributed by atoms with van der Waals surface area (Å²) in [5, 5.41) is 4.85. The third kappa shape index (κ3) is 3.48. The number of hydrogen-bond acceptors (Lipinski definition) is 3. The lowest BCUT2D eigenvalue weighted by molar-refractivity contribution is 0.0595. The van der Waals surface area contributed by atoms with E-state index in [0.29, 0.717) is 16.9 Å². The van der Waals surface area contributed by atoms with E-state index in [0.717, 1.165) is 11.1 Å². The van der Waals surface area contributed by atoms with Crippen LogP contribution in [-0.2, 0) is 10.4 Å². The second-order valence-electron chi connectivity index (χ2n) is 6.23. The van der Waals surface area contributed by atoms with E-state index in [1.54, 1.807) is 24.7 Å². The van der Waals surface area contributed by atoms with E-state index in [-0.39, 0.29) is 10.0 Å². The smallest absolute Gasteiger partial charge is 0.354 e. The molecule has 0 aliphatic heterocycles. The largest absolute Gasteiger partial charge is 0.464 e. The van der Waals surface area contributed by atoms with Gasteiger partial charge in [-0.25, -0.2) is 13.9 Å². The SMILES string of the molecule is COC(=O)c1cc(-c2cnn(-c3c(Cl)cc(C(C)(C)F)cc3Cl)c2)c[nH]1. The van der Waals surface area contributed by atoms with Crippen LogP contribution in [0.4, 0.5) is 4.39 Å². The van der Waals surface area contributed by atoms with Gasteiger partial charge in [0.25, 0.3) is 0 Å². The first-order valence-corrected chi connectivity index (χ1v) is 8.47. The predicted molar refractivity (Wildman–Crippen MR) is 98.8 cm³/mol. The highest BCUT2D eigenvalue weighted by Gasteiger charge is 2.22. The molecule has 0 radical (unpaired) electrons. The molecule has 2 aromatic heterocycles. The Balaban J connectivity index is 1.98. The lowest BCUT2D eigenvalue weighted by Gasteiger charge is -2.17. The van der Waals surface area contributed by atoms with Gasteiger partial charge in [-0.05, 0) is 37.6 Å². The van der Waals surface area contributed by atoms with Gasteiger partial charge in [-0.2, -0.15) is 5.10 Å². The number of rotatable bonds is 4. The number of aromatic amines is 1. The average molecular weight is 396 g/mol. The number of aromatic nitrogens is 3. The fraction of sp³-hybridized carbons (Fsp3) is 0.222. The van der Waals surface area contributed by atoms with E-state index in [1.165, 1.54) is 37.8 Å². The summed E-state index contributed by atoms with van der Waals surface area (Å²) < 4.78 is 20.3. The highest BCUT2D eigenvalue weighted by atomic mass is 35.5. The summed E-state index contributed by atoms with van der Waals surface area (Å²) in [7, 11) is 1.31. The minimum atomic E-state index is -1.56. The Bertz CT molecular complexity index is 950. The number of benzene rings is 1. The Morgan fingerprint density at radius 3 is 2.46 bits per heavy atom. The second-order valence-corrected chi connectivity index (χ2v) is 7.04. The van der Waals surface area contributed by atoms with Crippen molar-refractivity contribution in [2.75, 3.05) is 7.11 Å². The molecule has 5 nitrogen and oxygen atoms in total. The summed E-state index contributed by atoms with van der Waals surface area (Å²) in [4.78, 5) is 14.4. The van der Waals surface area contributed by atoms with Gasteiger partial charge < -0.3 is 9.72 Å². The molecule has 2 heterocycles. The summed E-state index contributed by atoms with van der Waals surface area (Å²) in [6, 6.07) is 4.73. The van der Waals surface area contributed by atoms with Crippen molar-refractivity contribution >= 4 is 29.2 Å². The van der Waals surface area contributed by atoms with E-state index < -0.39 is 11.6 Å². The zero-order chi connectivity index (χ0) is 19.1. The first-order valence-electron chi connectivity index (χ1n) is 7.71. The third-order valence-corrected chi connectivity index (χ3v) is 4.51. The van der Waals surface area contributed by atoms with Gasteiger partial charge in [0.05, 0.1) is 23.4 Å². The van der Waals surface area contributed by atoms with Crippen molar-refractivity contribution in [3.8, 4) is 16.8 Å². The minimum Gasteiger partial charge on any atom is -0.464 e. The van der Waals surface area contributed by atoms with Gasteiger partial charge in [-0.1, -0.05) is 23.2 Å². The van der Waals surface area contributed by atoms with Crippen LogP contribution in [0.25, 0.3) is 16.8 Å². The van der Waals surface area contributed by atoms with Crippen molar-refractivity contribution < 1.29 is 13.9 Å². The maximum atomic E-state index is 14.2. The van der Waals surface area contributed by atoms with Gasteiger partial charge >= 0.3 is 5.97 Å². The molecule has 0 amide bonds. The zero-order valence-electron chi connectivity index (χ0n) is 14.3. The lowest BCUT2D eigenvalue weighted by atomic mass is 10.00. The standard InChI is InChI=1S/C18H16Cl2FN3O2/c1-18(2,21)12-5-13(19)16(14(20)6-12)24-9-11(8-23-24)10-4-15(22-7-10)17(25)26-3/h4-9,22H,1-3H3. The predicted octanol–water partition coefficient (Wildman–Crippen LogP) is 5.17. The molecule has 136 valence electrons. The molecule has 0 aliphatic carbocycles. The number of esters is 1. The van der Waals surface area contributed by atoms with Gasteiger partial charge in [0.15, 0.2) is 0 Å². The summed E-state index contributed by atoms with van der Waals surface area (Å²) in [6.45, 7) is 2.87. The highest BCUT2D eigenvalue weighted by molar-refractivity contribution is 6.37. The molecular formula is C18H16Cl2FN3O2. The molecule has 0 bridgehead atoms. The fourth-order valence-electron chi connectivity index (χ4n) is 2.51. The first-order chi connectivity index (χ1) is 12.2. The van der Waals surface area contributed by atoms with E-state index in [1.807, 2.05) is 0 Å². The Labute approximate surface area is 159 Å². The van der Waals surface area contributed by atoms with E-state index in [9.17, 15) is 9.18 Å². The highest BCUT2D eigenvalue weighted by Crippen LogP contribution is 2.36. The van der Waals surface area contributed by atoms with Crippen molar-refractivity contribution in [2.45, 2.75) is 19.5 Å². The van der Waals surface area contributed by atoms with E-state index in [2.05, 4.69) is 14.8 Å². The zero-order valence-corrected chi connectivity index (χ0v) is 15.8. The van der Waals surface area contributed by atoms with Crippen LogP contribution < -0.4 is 0 Å². The topological polar surface area (TPSA) is 59.9 Å². The normalized spacial score (nSPS) is 11.6. The number of nitrogens with one attached hydrogen (secondary N) is 1. The summed E-state index contributed by atoms with van der Waals surface area (Å²) in [6.07, 6.45) is 5.01. The Morgan fingerprint density at radius 2 is 1.88 bits per heavy atom. The number of ether oxygens (including phenoxy) is 1. The van der Waals surface area contributed by atoms with E-state index in [4.69, 9.17) is 23.2 Å². The molecule has 3 rings (SSSR count). The number of alkyl halides is 1. The number of H-pyrrole nitrogens is 1. The molecule has 1 N–H and O–H groups in total. The van der Waals surface area contributed by atoms with Crippen molar-refractivity contribution in [3.05, 3.63) is 58.1 Å². The average Bonchev–Trinajstić information content (AvgIpc) is 3.21. The van der Waals surface area contributed by atoms with Crippen molar-refractivity contribution in [1.82, 2.24) is 14.8 Å². The van der Waals surface area contributed by atoms with Crippen molar-refractivity contribution in [2.24, 2.45) is 0 Å². The van der Waals surface area contributed by atoms with Crippen LogP contribution in [-0.4, -0.2) is 27.8 Å². The number of nitrogens with zero attached hydrogens (tertiary/aromatic N) is 2. The van der Waals surface area contributed by atoms with Gasteiger partial charge in [0, 0.05) is 23.5 Å². The summed E-state index contributed by atoms with van der Waals surface area (Å²) in [5.74, 6) is -0.459. The number of methoxy groups -OCH3 is 1. The quantitative estimate of drug-likeness (QED) is 0.620. The Hall–Kier alpha value is -2.31. The molecular weight excluding hydrogens is 380 g/mol. The van der Waals surface area contributed by atoms with Crippen LogP contribution >= 0.6 is 23.2 Å². The molecule has 0 aliphatic rings. The van der Waals surface area contributed by atoms with Crippen LogP contribution in [0.3, 0.4) is 0 Å². The summed E-state index contributed by atoms with van der Waals surface area (Å²) in [5.41, 5.74) is 1.12. The maximum absolute atomic E-state index is 14.2. The van der Waals surface area contributed by atoms with Crippen LogP contribution in [0.1, 0.15) is 29.9 Å². The minimum absolute atomic E-state index is 0.289. The van der Waals surface area contributed by atoms with Crippen LogP contribution in [0, 0.1) is 0 Å². The van der Waals surface area contributed by atoms with Crippen LogP contribution in [0.5, 0.6) is 0 Å². The fourth-order valence-corrected chi connectivity index (χ4v) is 3.17. The molecule has 3 aromatic rings. The molecule has 0 fully saturated rings. The molecule has 0 unspecified atom stereocenters. The maximum Gasteiger partial charge on any atom is 0.354 e. The Kier molecular flexibility index (Phi) is 4.82. The Morgan fingerprint density at radius 1 is 1.23 bits per heavy atom. The third-order valence-electron chi connectivity index (χ3n) is 3.94. The number of hydrogen-bond donors (Lipinski definition) is 1. The van der Waals surface area contributed by atoms with Crippen molar-refractivity contribution in [3.63, 3.8) is 0 Å². The molecule has 0 saturated carbocycles. The van der Waals surface area contributed by atoms with Crippen LogP contribution in [0.2, 0.25) is 10.0 Å². The van der Waals surface area contributed by atoms with Gasteiger partial charge in [-0.15, -0.1) is 0 Å². The second kappa shape index (κ2) is 6.78. The van der Waals surface area contributed by atoms with Gasteiger partial charge in [-0.3, -0.25) is 0 Å². The molecule has 8 heteroatoms. The molecule has 0 saturated heterocycles. The molecule has 26 heavy (non-hydrogen) atoms. The number of carbonyl (C=O) groups excluding carboxylic acids is 1. The monoisotopic (exact) mass is 395 g/mol. The van der Waals surface area contributed by atoms with Gasteiger partial charge in [0.2, 0.25) is 0 Å².